The van der Waals surface area contributed by atoms with Crippen molar-refractivity contribution in [2.24, 2.45) is 0 Å². The number of aryl methyl sites for hydroxylation is 1. The number of benzene rings is 2. The molecule has 0 aliphatic carbocycles. The number of rotatable bonds is 6. The maximum atomic E-state index is 12.9. The van der Waals surface area contributed by atoms with Gasteiger partial charge in [-0.05, 0) is 49.4 Å². The lowest BCUT2D eigenvalue weighted by Gasteiger charge is -2.10. The van der Waals surface area contributed by atoms with Gasteiger partial charge in [-0.1, -0.05) is 11.6 Å². The second kappa shape index (κ2) is 8.79. The lowest BCUT2D eigenvalue weighted by atomic mass is 10.2. The molecule has 1 N–H and O–H groups in total. The number of hydrogen-bond donors (Lipinski definition) is 1. The van der Waals surface area contributed by atoms with Crippen LogP contribution in [0.25, 0.3) is 16.4 Å². The Kier molecular flexibility index (Phi) is 5.92. The smallest absolute Gasteiger partial charge is 0.260 e. The molecule has 2 heterocycles. The van der Waals surface area contributed by atoms with Crippen LogP contribution in [0.2, 0.25) is 5.02 Å². The lowest BCUT2D eigenvalue weighted by Crippen LogP contribution is -2.16. The minimum atomic E-state index is -0.354. The summed E-state index contributed by atoms with van der Waals surface area (Å²) in [6.45, 7) is 1.85. The summed E-state index contributed by atoms with van der Waals surface area (Å²) in [5.41, 5.74) is 2.85. The molecule has 4 aromatic rings. The number of amides is 1. The van der Waals surface area contributed by atoms with Gasteiger partial charge in [-0.2, -0.15) is 9.78 Å². The quantitative estimate of drug-likeness (QED) is 0.431. The van der Waals surface area contributed by atoms with E-state index in [0.29, 0.717) is 27.3 Å². The van der Waals surface area contributed by atoms with E-state index in [1.165, 1.54) is 18.4 Å². The Morgan fingerprint density at radius 3 is 2.58 bits per heavy atom. The summed E-state index contributed by atoms with van der Waals surface area (Å²) in [4.78, 5) is 17.6. The summed E-state index contributed by atoms with van der Waals surface area (Å²) in [6.07, 6.45) is 0. The fraction of sp³-hybridized carbons (Fsp3) is 0.136. The van der Waals surface area contributed by atoms with E-state index < -0.39 is 0 Å². The number of methoxy groups -OCH3 is 2. The molecule has 0 bridgehead atoms. The van der Waals surface area contributed by atoms with E-state index in [9.17, 15) is 4.79 Å². The number of halogens is 1. The molecule has 7 nitrogen and oxygen atoms in total. The molecule has 0 spiro atoms. The number of ether oxygens (including phenoxy) is 2. The summed E-state index contributed by atoms with van der Waals surface area (Å²) < 4.78 is 12.1. The predicted molar refractivity (Wildman–Crippen MR) is 122 cm³/mol. The average molecular weight is 455 g/mol. The normalized spacial score (nSPS) is 10.7. The van der Waals surface area contributed by atoms with Gasteiger partial charge < -0.3 is 14.8 Å². The average Bonchev–Trinajstić information content (AvgIpc) is 3.40. The molecule has 0 fully saturated rings. The molecule has 2 aromatic carbocycles. The van der Waals surface area contributed by atoms with E-state index in [-0.39, 0.29) is 5.91 Å². The summed E-state index contributed by atoms with van der Waals surface area (Å²) in [5, 5.41) is 10.4. The van der Waals surface area contributed by atoms with Crippen LogP contribution in [0.5, 0.6) is 11.5 Å². The van der Waals surface area contributed by atoms with Gasteiger partial charge in [0.2, 0.25) is 5.13 Å². The summed E-state index contributed by atoms with van der Waals surface area (Å²) >= 11 is 7.49. The van der Waals surface area contributed by atoms with Gasteiger partial charge in [0.25, 0.3) is 5.91 Å². The Morgan fingerprint density at radius 1 is 1.10 bits per heavy atom. The maximum absolute atomic E-state index is 12.9. The van der Waals surface area contributed by atoms with Crippen LogP contribution < -0.4 is 14.8 Å². The van der Waals surface area contributed by atoms with Crippen molar-refractivity contribution in [2.45, 2.75) is 6.92 Å². The zero-order valence-corrected chi connectivity index (χ0v) is 18.6. The lowest BCUT2D eigenvalue weighted by molar-refractivity contribution is 0.102. The van der Waals surface area contributed by atoms with Crippen molar-refractivity contribution in [3.63, 3.8) is 0 Å². The van der Waals surface area contributed by atoms with E-state index in [1.807, 2.05) is 36.6 Å². The number of carbonyl (C=O) groups is 1. The minimum absolute atomic E-state index is 0.332. The van der Waals surface area contributed by atoms with Crippen LogP contribution in [0.1, 0.15) is 16.1 Å². The molecule has 4 rings (SSSR count). The summed E-state index contributed by atoms with van der Waals surface area (Å²) in [7, 11) is 3.13. The third-order valence-electron chi connectivity index (χ3n) is 4.54. The highest BCUT2D eigenvalue weighted by Crippen LogP contribution is 2.29. The van der Waals surface area contributed by atoms with Gasteiger partial charge in [0.05, 0.1) is 31.2 Å². The van der Waals surface area contributed by atoms with Crippen LogP contribution in [0, 0.1) is 6.92 Å². The molecule has 1 amide bonds. The molecular weight excluding hydrogens is 436 g/mol. The molecule has 9 heteroatoms. The van der Waals surface area contributed by atoms with Crippen molar-refractivity contribution in [1.29, 1.82) is 0 Å². The molecular formula is C22H19ClN4O3S. The second-order valence-corrected chi connectivity index (χ2v) is 7.90. The topological polar surface area (TPSA) is 78.3 Å². The van der Waals surface area contributed by atoms with Gasteiger partial charge in [-0.3, -0.25) is 4.79 Å². The van der Waals surface area contributed by atoms with Gasteiger partial charge >= 0.3 is 0 Å². The number of thiazole rings is 1. The second-order valence-electron chi connectivity index (χ2n) is 6.63. The molecule has 0 aliphatic heterocycles. The Hall–Kier alpha value is -3.36. The van der Waals surface area contributed by atoms with Gasteiger partial charge in [-0.25, -0.2) is 4.98 Å². The highest BCUT2D eigenvalue weighted by Gasteiger charge is 2.18. The first kappa shape index (κ1) is 20.9. The first-order chi connectivity index (χ1) is 15.0. The third kappa shape index (κ3) is 4.40. The highest BCUT2D eigenvalue weighted by atomic mass is 35.5. The van der Waals surface area contributed by atoms with Crippen LogP contribution in [-0.2, 0) is 0 Å². The first-order valence-corrected chi connectivity index (χ1v) is 10.6. The molecule has 0 saturated carbocycles. The van der Waals surface area contributed by atoms with Gasteiger partial charge in [-0.15, -0.1) is 11.3 Å². The van der Waals surface area contributed by atoms with Crippen LogP contribution >= 0.6 is 22.9 Å². The third-order valence-corrected chi connectivity index (χ3v) is 5.59. The zero-order valence-electron chi connectivity index (χ0n) is 17.0. The number of hydrogen-bond acceptors (Lipinski definition) is 6. The van der Waals surface area contributed by atoms with Crippen molar-refractivity contribution >= 4 is 34.7 Å². The molecule has 0 atom stereocenters. The van der Waals surface area contributed by atoms with Crippen LogP contribution in [0.15, 0.2) is 53.9 Å². The molecule has 0 radical (unpaired) electrons. The van der Waals surface area contributed by atoms with E-state index in [0.717, 1.165) is 22.7 Å². The Bertz CT molecular complexity index is 1230. The fourth-order valence-electron chi connectivity index (χ4n) is 3.03. The number of nitrogens with one attached hydrogen (secondary N) is 1. The minimum Gasteiger partial charge on any atom is -0.497 e. The molecule has 0 unspecified atom stereocenters. The highest BCUT2D eigenvalue weighted by molar-refractivity contribution is 7.12. The van der Waals surface area contributed by atoms with E-state index in [2.05, 4.69) is 15.4 Å². The standard InChI is InChI=1S/C22H19ClN4O3S/c1-13-10-20(25-21(28)17-11-15(23)6-9-19(17)30-3)27(26-13)22-24-18(12-31-22)14-4-7-16(29-2)8-5-14/h4-12H,1-3H3,(H,25,28). The van der Waals surface area contributed by atoms with Crippen molar-refractivity contribution in [2.75, 3.05) is 19.5 Å². The number of anilines is 1. The van der Waals surface area contributed by atoms with E-state index in [4.69, 9.17) is 21.1 Å². The monoisotopic (exact) mass is 454 g/mol. The summed E-state index contributed by atoms with van der Waals surface area (Å²) in [6, 6.07) is 14.3. The Balaban J connectivity index is 1.63. The largest absolute Gasteiger partial charge is 0.497 e. The van der Waals surface area contributed by atoms with Gasteiger partial charge in [0.15, 0.2) is 0 Å². The zero-order chi connectivity index (χ0) is 22.0. The van der Waals surface area contributed by atoms with Crippen molar-refractivity contribution in [1.82, 2.24) is 14.8 Å². The van der Waals surface area contributed by atoms with Crippen molar-refractivity contribution < 1.29 is 14.3 Å². The molecule has 158 valence electrons. The van der Waals surface area contributed by atoms with Gasteiger partial charge in [0.1, 0.15) is 17.3 Å². The molecule has 31 heavy (non-hydrogen) atoms. The number of nitrogens with zero attached hydrogens (tertiary/aromatic N) is 3. The predicted octanol–water partition coefficient (Wildman–Crippen LogP) is 5.23. The van der Waals surface area contributed by atoms with Crippen LogP contribution in [0.3, 0.4) is 0 Å². The maximum Gasteiger partial charge on any atom is 0.260 e. The first-order valence-electron chi connectivity index (χ1n) is 9.30. The molecule has 2 aromatic heterocycles. The van der Waals surface area contributed by atoms with E-state index >= 15 is 0 Å². The number of aromatic nitrogens is 3. The molecule has 0 aliphatic rings. The van der Waals surface area contributed by atoms with Crippen molar-refractivity contribution in [3.05, 3.63) is 70.2 Å². The van der Waals surface area contributed by atoms with Crippen LogP contribution in [0.4, 0.5) is 5.82 Å². The van der Waals surface area contributed by atoms with Gasteiger partial charge in [0, 0.05) is 22.0 Å². The van der Waals surface area contributed by atoms with Crippen LogP contribution in [-0.4, -0.2) is 34.9 Å². The van der Waals surface area contributed by atoms with Crippen molar-refractivity contribution in [3.8, 4) is 27.9 Å². The summed E-state index contributed by atoms with van der Waals surface area (Å²) in [5.74, 6) is 1.36. The molecule has 0 saturated heterocycles. The Labute approximate surface area is 188 Å². The van der Waals surface area contributed by atoms with E-state index in [1.54, 1.807) is 36.1 Å². The number of carbonyl (C=O) groups excluding carboxylic acids is 1. The fourth-order valence-corrected chi connectivity index (χ4v) is 4.00. The SMILES string of the molecule is COc1ccc(-c2csc(-n3nc(C)cc3NC(=O)c3cc(Cl)ccc3OC)n2)cc1. The Morgan fingerprint density at radius 2 is 1.87 bits per heavy atom.